The number of amides is 1. The number of carbonyl (C=O) groups excluding carboxylic acids is 1. The van der Waals surface area contributed by atoms with E-state index in [4.69, 9.17) is 4.74 Å². The van der Waals surface area contributed by atoms with Crippen LogP contribution in [0.25, 0.3) is 10.9 Å². The molecule has 0 fully saturated rings. The molecule has 3 aromatic rings. The van der Waals surface area contributed by atoms with E-state index >= 15 is 0 Å². The van der Waals surface area contributed by atoms with Crippen LogP contribution in [0.2, 0.25) is 0 Å². The first-order chi connectivity index (χ1) is 13.7. The first kappa shape index (κ1) is 19.6. The summed E-state index contributed by atoms with van der Waals surface area (Å²) in [5.41, 5.74) is 1.96. The highest BCUT2D eigenvalue weighted by atomic mass is 16.5. The molecule has 0 spiro atoms. The summed E-state index contributed by atoms with van der Waals surface area (Å²) in [4.78, 5) is 22.0. The predicted octanol–water partition coefficient (Wildman–Crippen LogP) is 4.08. The third-order valence-electron chi connectivity index (χ3n) is 4.66. The first-order valence-corrected chi connectivity index (χ1v) is 9.56. The van der Waals surface area contributed by atoms with E-state index in [1.54, 1.807) is 13.4 Å². The van der Waals surface area contributed by atoms with E-state index in [9.17, 15) is 4.79 Å². The van der Waals surface area contributed by atoms with Crippen molar-refractivity contribution in [3.05, 3.63) is 54.9 Å². The highest BCUT2D eigenvalue weighted by Gasteiger charge is 2.10. The van der Waals surface area contributed by atoms with Crippen LogP contribution in [0.15, 0.2) is 54.9 Å². The number of anilines is 2. The van der Waals surface area contributed by atoms with Crippen LogP contribution in [0.1, 0.15) is 25.7 Å². The molecule has 1 aromatic heterocycles. The van der Waals surface area contributed by atoms with Gasteiger partial charge in [-0.15, -0.1) is 0 Å². The second-order valence-electron chi connectivity index (χ2n) is 6.60. The van der Waals surface area contributed by atoms with Gasteiger partial charge in [-0.2, -0.15) is 0 Å². The number of carbonyl (C=O) groups is 1. The number of aromatic nitrogens is 2. The first-order valence-electron chi connectivity index (χ1n) is 9.56. The Balaban J connectivity index is 1.54. The molecule has 0 atom stereocenters. The van der Waals surface area contributed by atoms with Crippen molar-refractivity contribution in [1.82, 2.24) is 15.3 Å². The van der Waals surface area contributed by atoms with Gasteiger partial charge in [-0.3, -0.25) is 4.79 Å². The lowest BCUT2D eigenvalue weighted by molar-refractivity contribution is -0.120. The number of hydrogen-bond acceptors (Lipinski definition) is 5. The molecule has 0 bridgehead atoms. The number of unbranched alkanes of at least 4 members (excludes halogenated alkanes) is 2. The van der Waals surface area contributed by atoms with Gasteiger partial charge in [0.1, 0.15) is 17.9 Å². The van der Waals surface area contributed by atoms with E-state index in [0.29, 0.717) is 13.0 Å². The molecule has 1 amide bonds. The molecule has 0 aliphatic heterocycles. The molecule has 0 aliphatic rings. The fraction of sp³-hybridized carbons (Fsp3) is 0.318. The van der Waals surface area contributed by atoms with Crippen molar-refractivity contribution >= 4 is 28.3 Å². The third kappa shape index (κ3) is 4.97. The van der Waals surface area contributed by atoms with Gasteiger partial charge in [-0.25, -0.2) is 9.97 Å². The highest BCUT2D eigenvalue weighted by molar-refractivity contribution is 5.91. The Kier molecular flexibility index (Phi) is 6.78. The zero-order valence-electron chi connectivity index (χ0n) is 16.4. The monoisotopic (exact) mass is 378 g/mol. The lowest BCUT2D eigenvalue weighted by atomic mass is 10.2. The van der Waals surface area contributed by atoms with Crippen molar-refractivity contribution in [3.8, 4) is 5.75 Å². The van der Waals surface area contributed by atoms with Crippen LogP contribution in [-0.2, 0) is 4.79 Å². The summed E-state index contributed by atoms with van der Waals surface area (Å²) in [7, 11) is 3.66. The van der Waals surface area contributed by atoms with Gasteiger partial charge < -0.3 is 15.0 Å². The lowest BCUT2D eigenvalue weighted by Crippen LogP contribution is -2.16. The van der Waals surface area contributed by atoms with Crippen LogP contribution in [0, 0.1) is 0 Å². The average molecular weight is 378 g/mol. The standard InChI is InChI=1S/C22H26N4O2/c1-23-21(27)10-4-3-7-15-28-18-13-11-17(12-14-18)26(2)22-19-8-5-6-9-20(19)24-16-25-22/h5-6,8-9,11-14,16H,3-4,7,10,15H2,1-2H3,(H,23,27). The quantitative estimate of drug-likeness (QED) is 0.568. The maximum Gasteiger partial charge on any atom is 0.219 e. The molecule has 1 N–H and O–H groups in total. The third-order valence-corrected chi connectivity index (χ3v) is 4.66. The van der Waals surface area contributed by atoms with E-state index in [-0.39, 0.29) is 5.91 Å². The minimum absolute atomic E-state index is 0.0945. The van der Waals surface area contributed by atoms with Gasteiger partial charge in [-0.1, -0.05) is 12.1 Å². The van der Waals surface area contributed by atoms with Crippen LogP contribution >= 0.6 is 0 Å². The number of hydrogen-bond donors (Lipinski definition) is 1. The Labute approximate surface area is 165 Å². The molecule has 2 aromatic carbocycles. The lowest BCUT2D eigenvalue weighted by Gasteiger charge is -2.20. The minimum atomic E-state index is 0.0945. The fourth-order valence-electron chi connectivity index (χ4n) is 3.03. The van der Waals surface area contributed by atoms with Gasteiger partial charge in [0.25, 0.3) is 0 Å². The van der Waals surface area contributed by atoms with Gasteiger partial charge in [0.2, 0.25) is 5.91 Å². The van der Waals surface area contributed by atoms with Crippen LogP contribution in [0.3, 0.4) is 0 Å². The van der Waals surface area contributed by atoms with Crippen molar-refractivity contribution in [2.75, 3.05) is 25.6 Å². The van der Waals surface area contributed by atoms with Gasteiger partial charge in [0.15, 0.2) is 0 Å². The van der Waals surface area contributed by atoms with Crippen molar-refractivity contribution in [3.63, 3.8) is 0 Å². The molecule has 6 heteroatoms. The van der Waals surface area contributed by atoms with Gasteiger partial charge in [0.05, 0.1) is 12.1 Å². The van der Waals surface area contributed by atoms with Crippen LogP contribution in [0.5, 0.6) is 5.75 Å². The summed E-state index contributed by atoms with van der Waals surface area (Å²) in [6.07, 6.45) is 4.98. The summed E-state index contributed by atoms with van der Waals surface area (Å²) in [5, 5.41) is 3.65. The molecule has 0 saturated carbocycles. The normalized spacial score (nSPS) is 10.6. The molecule has 146 valence electrons. The van der Waals surface area contributed by atoms with E-state index < -0.39 is 0 Å². The fourth-order valence-corrected chi connectivity index (χ4v) is 3.03. The van der Waals surface area contributed by atoms with E-state index in [2.05, 4.69) is 15.3 Å². The van der Waals surface area contributed by atoms with Crippen molar-refractivity contribution in [2.24, 2.45) is 0 Å². The number of nitrogens with zero attached hydrogens (tertiary/aromatic N) is 3. The Morgan fingerprint density at radius 2 is 1.82 bits per heavy atom. The zero-order chi connectivity index (χ0) is 19.8. The number of para-hydroxylation sites is 1. The maximum atomic E-state index is 11.2. The summed E-state index contributed by atoms with van der Waals surface area (Å²) >= 11 is 0. The number of nitrogens with one attached hydrogen (secondary N) is 1. The van der Waals surface area contributed by atoms with Gasteiger partial charge >= 0.3 is 0 Å². The molecular weight excluding hydrogens is 352 g/mol. The summed E-state index contributed by atoms with van der Waals surface area (Å²) in [6.45, 7) is 0.652. The molecule has 0 saturated heterocycles. The van der Waals surface area contributed by atoms with Crippen molar-refractivity contribution in [1.29, 1.82) is 0 Å². The van der Waals surface area contributed by atoms with E-state index in [0.717, 1.165) is 47.4 Å². The summed E-state index contributed by atoms with van der Waals surface area (Å²) in [5.74, 6) is 1.81. The van der Waals surface area contributed by atoms with Crippen molar-refractivity contribution in [2.45, 2.75) is 25.7 Å². The van der Waals surface area contributed by atoms with Crippen LogP contribution < -0.4 is 15.0 Å². The number of rotatable bonds is 9. The Morgan fingerprint density at radius 1 is 1.04 bits per heavy atom. The zero-order valence-corrected chi connectivity index (χ0v) is 16.4. The molecule has 28 heavy (non-hydrogen) atoms. The Morgan fingerprint density at radius 3 is 2.61 bits per heavy atom. The topological polar surface area (TPSA) is 67.3 Å². The van der Waals surface area contributed by atoms with Gasteiger partial charge in [0, 0.05) is 31.6 Å². The average Bonchev–Trinajstić information content (AvgIpc) is 2.75. The maximum absolute atomic E-state index is 11.2. The summed E-state index contributed by atoms with van der Waals surface area (Å²) in [6, 6.07) is 16.0. The van der Waals surface area contributed by atoms with Crippen LogP contribution in [0.4, 0.5) is 11.5 Å². The molecule has 6 nitrogen and oxygen atoms in total. The van der Waals surface area contributed by atoms with Crippen LogP contribution in [-0.4, -0.2) is 36.6 Å². The minimum Gasteiger partial charge on any atom is -0.494 e. The van der Waals surface area contributed by atoms with E-state index in [1.165, 1.54) is 0 Å². The van der Waals surface area contributed by atoms with Gasteiger partial charge in [-0.05, 0) is 55.7 Å². The summed E-state index contributed by atoms with van der Waals surface area (Å²) < 4.78 is 5.81. The largest absolute Gasteiger partial charge is 0.494 e. The molecule has 0 aliphatic carbocycles. The number of benzene rings is 2. The Hall–Kier alpha value is -3.15. The SMILES string of the molecule is CNC(=O)CCCCCOc1ccc(N(C)c2ncnc3ccccc23)cc1. The highest BCUT2D eigenvalue weighted by Crippen LogP contribution is 2.29. The molecule has 0 unspecified atom stereocenters. The molecule has 0 radical (unpaired) electrons. The van der Waals surface area contributed by atoms with E-state index in [1.807, 2.05) is 60.5 Å². The smallest absolute Gasteiger partial charge is 0.219 e. The molecule has 3 rings (SSSR count). The predicted molar refractivity (Wildman–Crippen MR) is 112 cm³/mol. The Bertz CT molecular complexity index is 907. The molecular formula is C22H26N4O2. The number of fused-ring (bicyclic) bond motifs is 1. The number of ether oxygens (including phenoxy) is 1. The molecule has 1 heterocycles. The second kappa shape index (κ2) is 9.69. The van der Waals surface area contributed by atoms with Crippen molar-refractivity contribution < 1.29 is 9.53 Å². The second-order valence-corrected chi connectivity index (χ2v) is 6.60.